The molecule has 0 atom stereocenters. The predicted octanol–water partition coefficient (Wildman–Crippen LogP) is 3.15. The number of hydrogen-bond acceptors (Lipinski definition) is 3. The second-order valence-electron chi connectivity index (χ2n) is 4.90. The van der Waals surface area contributed by atoms with Crippen molar-refractivity contribution < 1.29 is 0 Å². The highest BCUT2D eigenvalue weighted by Gasteiger charge is 2.19. The van der Waals surface area contributed by atoms with Crippen LogP contribution in [0.5, 0.6) is 0 Å². The molecule has 3 heteroatoms. The van der Waals surface area contributed by atoms with E-state index in [1.807, 2.05) is 24.9 Å². The molecule has 1 saturated carbocycles. The topological polar surface area (TPSA) is 24.9 Å². The number of thioether (sulfide) groups is 1. The summed E-state index contributed by atoms with van der Waals surface area (Å²) in [7, 11) is 0. The van der Waals surface area contributed by atoms with E-state index in [1.165, 1.54) is 31.2 Å². The van der Waals surface area contributed by atoms with Gasteiger partial charge in [-0.2, -0.15) is 11.8 Å². The number of aromatic nitrogens is 1. The fourth-order valence-corrected chi connectivity index (χ4v) is 3.11. The summed E-state index contributed by atoms with van der Waals surface area (Å²) in [5.41, 5.74) is 2.39. The molecule has 0 spiro atoms. The first-order valence-electron chi connectivity index (χ1n) is 6.45. The largest absolute Gasteiger partial charge is 0.310 e. The van der Waals surface area contributed by atoms with Crippen LogP contribution in [0.2, 0.25) is 0 Å². The third-order valence-corrected chi connectivity index (χ3v) is 4.71. The Labute approximate surface area is 109 Å². The Balaban J connectivity index is 1.74. The maximum atomic E-state index is 4.32. The van der Waals surface area contributed by atoms with E-state index in [1.54, 1.807) is 0 Å². The number of rotatable bonds is 4. The second kappa shape index (κ2) is 6.41. The van der Waals surface area contributed by atoms with Gasteiger partial charge in [-0.25, -0.2) is 0 Å². The van der Waals surface area contributed by atoms with Crippen LogP contribution in [0.15, 0.2) is 18.3 Å². The van der Waals surface area contributed by atoms with Crippen molar-refractivity contribution in [2.45, 2.75) is 50.4 Å². The Hall–Kier alpha value is -0.540. The van der Waals surface area contributed by atoms with Crippen LogP contribution in [-0.2, 0) is 6.54 Å². The van der Waals surface area contributed by atoms with E-state index in [2.05, 4.69) is 28.7 Å². The summed E-state index contributed by atoms with van der Waals surface area (Å²) in [4.78, 5) is 4.32. The maximum absolute atomic E-state index is 4.32. The monoisotopic (exact) mass is 250 g/mol. The predicted molar refractivity (Wildman–Crippen MR) is 75.4 cm³/mol. The molecule has 94 valence electrons. The summed E-state index contributed by atoms with van der Waals surface area (Å²) in [6.45, 7) is 2.99. The molecule has 0 saturated heterocycles. The summed E-state index contributed by atoms with van der Waals surface area (Å²) >= 11 is 2.03. The fourth-order valence-electron chi connectivity index (χ4n) is 2.37. The molecular weight excluding hydrogens is 228 g/mol. The first kappa shape index (κ1) is 12.9. The van der Waals surface area contributed by atoms with Crippen molar-refractivity contribution in [1.82, 2.24) is 10.3 Å². The third-order valence-electron chi connectivity index (χ3n) is 3.58. The van der Waals surface area contributed by atoms with Crippen LogP contribution in [0, 0.1) is 6.92 Å². The Morgan fingerprint density at radius 3 is 2.65 bits per heavy atom. The van der Waals surface area contributed by atoms with Crippen LogP contribution in [0.3, 0.4) is 0 Å². The summed E-state index contributed by atoms with van der Waals surface area (Å²) in [6.07, 6.45) is 9.60. The average Bonchev–Trinajstić information content (AvgIpc) is 2.39. The molecule has 1 aliphatic rings. The lowest BCUT2D eigenvalue weighted by atomic mass is 9.95. The van der Waals surface area contributed by atoms with Gasteiger partial charge in [-0.15, -0.1) is 0 Å². The Morgan fingerprint density at radius 1 is 1.29 bits per heavy atom. The molecule has 1 aromatic rings. The van der Waals surface area contributed by atoms with Crippen LogP contribution in [0.1, 0.15) is 36.9 Å². The van der Waals surface area contributed by atoms with Gasteiger partial charge in [0.05, 0.1) is 0 Å². The van der Waals surface area contributed by atoms with Crippen molar-refractivity contribution in [2.75, 3.05) is 6.26 Å². The zero-order chi connectivity index (χ0) is 12.1. The van der Waals surface area contributed by atoms with Crippen molar-refractivity contribution in [3.05, 3.63) is 29.6 Å². The molecule has 1 aliphatic carbocycles. The van der Waals surface area contributed by atoms with E-state index in [4.69, 9.17) is 0 Å². The molecular formula is C14H22N2S. The zero-order valence-electron chi connectivity index (χ0n) is 10.8. The molecule has 17 heavy (non-hydrogen) atoms. The van der Waals surface area contributed by atoms with Gasteiger partial charge in [0.2, 0.25) is 0 Å². The van der Waals surface area contributed by atoms with Gasteiger partial charge in [0.1, 0.15) is 0 Å². The van der Waals surface area contributed by atoms with E-state index in [0.717, 1.165) is 17.5 Å². The second-order valence-corrected chi connectivity index (χ2v) is 6.04. The minimum absolute atomic E-state index is 0.708. The highest BCUT2D eigenvalue weighted by Crippen LogP contribution is 2.26. The molecule has 1 aromatic heterocycles. The summed E-state index contributed by atoms with van der Waals surface area (Å²) in [5.74, 6) is 0. The van der Waals surface area contributed by atoms with Gasteiger partial charge in [-0.1, -0.05) is 6.07 Å². The van der Waals surface area contributed by atoms with E-state index >= 15 is 0 Å². The molecule has 1 N–H and O–H groups in total. The van der Waals surface area contributed by atoms with Gasteiger partial charge in [-0.3, -0.25) is 4.98 Å². The van der Waals surface area contributed by atoms with E-state index in [0.29, 0.717) is 6.04 Å². The minimum atomic E-state index is 0.708. The quantitative estimate of drug-likeness (QED) is 0.888. The lowest BCUT2D eigenvalue weighted by Crippen LogP contribution is -2.33. The van der Waals surface area contributed by atoms with Crippen LogP contribution < -0.4 is 5.32 Å². The molecule has 0 aromatic carbocycles. The van der Waals surface area contributed by atoms with Crippen molar-refractivity contribution >= 4 is 11.8 Å². The molecule has 0 aliphatic heterocycles. The molecule has 2 rings (SSSR count). The van der Waals surface area contributed by atoms with E-state index in [9.17, 15) is 0 Å². The first-order chi connectivity index (χ1) is 8.28. The molecule has 0 bridgehead atoms. The van der Waals surface area contributed by atoms with Crippen LogP contribution in [-0.4, -0.2) is 22.5 Å². The highest BCUT2D eigenvalue weighted by molar-refractivity contribution is 7.99. The normalized spacial score (nSPS) is 24.8. The molecule has 0 radical (unpaired) electrons. The van der Waals surface area contributed by atoms with Gasteiger partial charge in [-0.05, 0) is 50.5 Å². The van der Waals surface area contributed by atoms with E-state index < -0.39 is 0 Å². The van der Waals surface area contributed by atoms with Crippen molar-refractivity contribution in [1.29, 1.82) is 0 Å². The van der Waals surface area contributed by atoms with Crippen molar-refractivity contribution in [3.63, 3.8) is 0 Å². The lowest BCUT2D eigenvalue weighted by Gasteiger charge is -2.28. The van der Waals surface area contributed by atoms with Gasteiger partial charge in [0.25, 0.3) is 0 Å². The summed E-state index contributed by atoms with van der Waals surface area (Å²) < 4.78 is 0. The average molecular weight is 250 g/mol. The molecule has 2 nitrogen and oxygen atoms in total. The SMILES string of the molecule is CSC1CCC(NCc2ccc(C)nc2)CC1. The molecule has 1 heterocycles. The summed E-state index contributed by atoms with van der Waals surface area (Å²) in [6, 6.07) is 4.96. The van der Waals surface area contributed by atoms with Gasteiger partial charge < -0.3 is 5.32 Å². The first-order valence-corrected chi connectivity index (χ1v) is 7.74. The van der Waals surface area contributed by atoms with Gasteiger partial charge in [0, 0.05) is 29.7 Å². The number of aryl methyl sites for hydroxylation is 1. The number of nitrogens with zero attached hydrogens (tertiary/aromatic N) is 1. The van der Waals surface area contributed by atoms with Gasteiger partial charge >= 0.3 is 0 Å². The van der Waals surface area contributed by atoms with Crippen molar-refractivity contribution in [2.24, 2.45) is 0 Å². The highest BCUT2D eigenvalue weighted by atomic mass is 32.2. The van der Waals surface area contributed by atoms with Crippen LogP contribution in [0.25, 0.3) is 0 Å². The molecule has 0 unspecified atom stereocenters. The van der Waals surface area contributed by atoms with Gasteiger partial charge in [0.15, 0.2) is 0 Å². The number of hydrogen-bond donors (Lipinski definition) is 1. The minimum Gasteiger partial charge on any atom is -0.310 e. The number of nitrogens with one attached hydrogen (secondary N) is 1. The van der Waals surface area contributed by atoms with Crippen LogP contribution >= 0.6 is 11.8 Å². The summed E-state index contributed by atoms with van der Waals surface area (Å²) in [5, 5.41) is 4.55. The Bertz CT molecular complexity index is 329. The maximum Gasteiger partial charge on any atom is 0.0372 e. The molecule has 0 amide bonds. The zero-order valence-corrected chi connectivity index (χ0v) is 11.6. The number of pyridine rings is 1. The standard InChI is InChI=1S/C14H22N2S/c1-11-3-4-12(9-15-11)10-16-13-5-7-14(17-2)8-6-13/h3-4,9,13-14,16H,5-8,10H2,1-2H3. The fraction of sp³-hybridized carbons (Fsp3) is 0.643. The van der Waals surface area contributed by atoms with Crippen molar-refractivity contribution in [3.8, 4) is 0 Å². The van der Waals surface area contributed by atoms with Crippen LogP contribution in [0.4, 0.5) is 0 Å². The smallest absolute Gasteiger partial charge is 0.0372 e. The lowest BCUT2D eigenvalue weighted by molar-refractivity contribution is 0.379. The molecule has 1 fully saturated rings. The third kappa shape index (κ3) is 4.00. The Morgan fingerprint density at radius 2 is 2.06 bits per heavy atom. The van der Waals surface area contributed by atoms with E-state index in [-0.39, 0.29) is 0 Å². The Kier molecular flexibility index (Phi) is 4.86.